The highest BCUT2D eigenvalue weighted by atomic mass is 35.5. The summed E-state index contributed by atoms with van der Waals surface area (Å²) in [6.07, 6.45) is -5.32. The van der Waals surface area contributed by atoms with Crippen LogP contribution in [0.5, 0.6) is 0 Å². The highest BCUT2D eigenvalue weighted by Gasteiger charge is 2.57. The van der Waals surface area contributed by atoms with E-state index in [1.807, 2.05) is 0 Å². The maximum absolute atomic E-state index is 13.6. The first-order chi connectivity index (χ1) is 16.0. The van der Waals surface area contributed by atoms with E-state index in [9.17, 15) is 32.3 Å². The van der Waals surface area contributed by atoms with Crippen LogP contribution in [0.3, 0.4) is 0 Å². The topological polar surface area (TPSA) is 93.6 Å². The Morgan fingerprint density at radius 2 is 1.88 bits per heavy atom. The molecule has 1 atom stereocenters. The van der Waals surface area contributed by atoms with Crippen molar-refractivity contribution < 1.29 is 37.1 Å². The average Bonchev–Trinajstić information content (AvgIpc) is 3.20. The molecule has 4 rings (SSSR count). The molecule has 7 nitrogen and oxygen atoms in total. The number of alkyl halides is 3. The van der Waals surface area contributed by atoms with Gasteiger partial charge in [0.05, 0.1) is 35.9 Å². The summed E-state index contributed by atoms with van der Waals surface area (Å²) in [5, 5.41) is -0.839. The number of rotatable bonds is 5. The Labute approximate surface area is 199 Å². The summed E-state index contributed by atoms with van der Waals surface area (Å²) in [5.41, 5.74) is -3.06. The Hall–Kier alpha value is -3.31. The second-order valence-corrected chi connectivity index (χ2v) is 9.00. The maximum atomic E-state index is 13.6. The number of methoxy groups -OCH3 is 1. The second kappa shape index (κ2) is 8.48. The zero-order valence-corrected chi connectivity index (χ0v) is 18.9. The second-order valence-electron chi connectivity index (χ2n) is 7.46. The number of carbonyl (C=O) groups excluding carboxylic acids is 4. The molecule has 1 unspecified atom stereocenters. The number of carbonyl (C=O) groups is 4. The van der Waals surface area contributed by atoms with Crippen molar-refractivity contribution in [2.45, 2.75) is 24.6 Å². The molecule has 0 spiro atoms. The number of nitrogens with zero attached hydrogens (tertiary/aromatic N) is 2. The Morgan fingerprint density at radius 3 is 2.53 bits per heavy atom. The Balaban J connectivity index is 1.81. The standard InChI is InChI=1S/C22H14ClF3N2O5S/c1-33-20(32)21(9-16(23)29)13-5-3-2-4-12(13)18(30)28(19(21)31)10-17-27-14-8-11(22(24,25)26)6-7-15(14)34-17/h2-8H,9-10H2,1H3. The van der Waals surface area contributed by atoms with Crippen LogP contribution in [0.2, 0.25) is 0 Å². The summed E-state index contributed by atoms with van der Waals surface area (Å²) in [7, 11) is 1.03. The smallest absolute Gasteiger partial charge is 0.416 e. The summed E-state index contributed by atoms with van der Waals surface area (Å²) >= 11 is 6.57. The molecule has 2 amide bonds. The van der Waals surface area contributed by atoms with Crippen molar-refractivity contribution in [3.63, 3.8) is 0 Å². The number of ether oxygens (including phenoxy) is 1. The molecular formula is C22H14ClF3N2O5S. The van der Waals surface area contributed by atoms with Crippen LogP contribution in [0.4, 0.5) is 13.2 Å². The SMILES string of the molecule is COC(=O)C1(CC(=O)Cl)C(=O)N(Cc2nc3cc(C(F)(F)F)ccc3s2)C(=O)c2ccccc21. The van der Waals surface area contributed by atoms with Crippen molar-refractivity contribution in [1.29, 1.82) is 0 Å². The Morgan fingerprint density at radius 1 is 1.18 bits per heavy atom. The molecule has 0 aliphatic carbocycles. The quantitative estimate of drug-likeness (QED) is 0.222. The summed E-state index contributed by atoms with van der Waals surface area (Å²) < 4.78 is 44.3. The van der Waals surface area contributed by atoms with Crippen LogP contribution in [-0.2, 0) is 37.3 Å². The van der Waals surface area contributed by atoms with Crippen LogP contribution >= 0.6 is 22.9 Å². The van der Waals surface area contributed by atoms with Crippen LogP contribution in [0.1, 0.15) is 32.9 Å². The van der Waals surface area contributed by atoms with Gasteiger partial charge in [0.25, 0.3) is 11.8 Å². The lowest BCUT2D eigenvalue weighted by atomic mass is 9.72. The van der Waals surface area contributed by atoms with Crippen molar-refractivity contribution >= 4 is 56.2 Å². The number of amides is 2. The summed E-state index contributed by atoms with van der Waals surface area (Å²) in [5.74, 6) is -2.86. The largest absolute Gasteiger partial charge is 0.468 e. The summed E-state index contributed by atoms with van der Waals surface area (Å²) in [6, 6.07) is 8.81. The van der Waals surface area contributed by atoms with Gasteiger partial charge in [0, 0.05) is 5.56 Å². The van der Waals surface area contributed by atoms with Gasteiger partial charge >= 0.3 is 12.1 Å². The number of imide groups is 1. The van der Waals surface area contributed by atoms with Crippen LogP contribution in [-0.4, -0.2) is 40.0 Å². The van der Waals surface area contributed by atoms with Crippen molar-refractivity contribution in [3.8, 4) is 0 Å². The molecule has 1 aliphatic rings. The number of hydrogen-bond donors (Lipinski definition) is 0. The minimum absolute atomic E-state index is 0.00844. The molecule has 176 valence electrons. The van der Waals surface area contributed by atoms with Gasteiger partial charge in [-0.25, -0.2) is 4.98 Å². The minimum atomic E-state index is -4.56. The first kappa shape index (κ1) is 23.8. The Bertz CT molecular complexity index is 1360. The molecule has 1 aliphatic heterocycles. The lowest BCUT2D eigenvalue weighted by Crippen LogP contribution is -2.58. The van der Waals surface area contributed by atoms with Crippen LogP contribution in [0.15, 0.2) is 42.5 Å². The van der Waals surface area contributed by atoms with Crippen molar-refractivity contribution in [3.05, 3.63) is 64.2 Å². The predicted molar refractivity (Wildman–Crippen MR) is 115 cm³/mol. The third-order valence-electron chi connectivity index (χ3n) is 5.46. The van der Waals surface area contributed by atoms with E-state index in [-0.39, 0.29) is 21.7 Å². The zero-order chi connectivity index (χ0) is 24.8. The van der Waals surface area contributed by atoms with E-state index in [2.05, 4.69) is 4.98 Å². The van der Waals surface area contributed by atoms with Crippen molar-refractivity contribution in [2.24, 2.45) is 0 Å². The number of halogens is 4. The third kappa shape index (κ3) is 3.84. The molecule has 3 aromatic rings. The fraction of sp³-hybridized carbons (Fsp3) is 0.227. The van der Waals surface area contributed by atoms with E-state index >= 15 is 0 Å². The number of thiazole rings is 1. The van der Waals surface area contributed by atoms with E-state index in [1.165, 1.54) is 30.3 Å². The number of aromatic nitrogens is 1. The molecule has 0 saturated carbocycles. The molecule has 0 bridgehead atoms. The lowest BCUT2D eigenvalue weighted by molar-refractivity contribution is -0.157. The normalized spacial score (nSPS) is 18.2. The molecule has 1 aromatic heterocycles. The van der Waals surface area contributed by atoms with E-state index in [1.54, 1.807) is 0 Å². The van der Waals surface area contributed by atoms with Crippen LogP contribution in [0.25, 0.3) is 10.2 Å². The van der Waals surface area contributed by atoms with Gasteiger partial charge in [-0.3, -0.25) is 24.1 Å². The first-order valence-corrected chi connectivity index (χ1v) is 10.9. The molecule has 0 saturated heterocycles. The monoisotopic (exact) mass is 510 g/mol. The van der Waals surface area contributed by atoms with Crippen LogP contribution in [0, 0.1) is 0 Å². The fourth-order valence-electron chi connectivity index (χ4n) is 3.95. The van der Waals surface area contributed by atoms with E-state index in [0.29, 0.717) is 4.70 Å². The first-order valence-electron chi connectivity index (χ1n) is 9.68. The fourth-order valence-corrected chi connectivity index (χ4v) is 5.08. The number of hydrogen-bond acceptors (Lipinski definition) is 7. The lowest BCUT2D eigenvalue weighted by Gasteiger charge is -2.38. The van der Waals surface area contributed by atoms with Gasteiger partial charge in [-0.2, -0.15) is 13.2 Å². The van der Waals surface area contributed by atoms with Crippen molar-refractivity contribution in [2.75, 3.05) is 7.11 Å². The van der Waals surface area contributed by atoms with Gasteiger partial charge in [0.2, 0.25) is 5.24 Å². The number of esters is 1. The molecule has 2 heterocycles. The van der Waals surface area contributed by atoms with Gasteiger partial charge in [-0.1, -0.05) is 18.2 Å². The van der Waals surface area contributed by atoms with E-state index in [4.69, 9.17) is 16.3 Å². The predicted octanol–water partition coefficient (Wildman–Crippen LogP) is 4.06. The summed E-state index contributed by atoms with van der Waals surface area (Å²) in [4.78, 5) is 56.4. The molecule has 2 aromatic carbocycles. The number of benzene rings is 2. The summed E-state index contributed by atoms with van der Waals surface area (Å²) in [6.45, 7) is -0.429. The highest BCUT2D eigenvalue weighted by molar-refractivity contribution is 7.18. The molecular weight excluding hydrogens is 497 g/mol. The van der Waals surface area contributed by atoms with Crippen molar-refractivity contribution in [1.82, 2.24) is 9.88 Å². The van der Waals surface area contributed by atoms with Gasteiger partial charge < -0.3 is 4.74 Å². The van der Waals surface area contributed by atoms with Gasteiger partial charge in [-0.05, 0) is 41.4 Å². The zero-order valence-electron chi connectivity index (χ0n) is 17.3. The molecule has 34 heavy (non-hydrogen) atoms. The molecule has 0 fully saturated rings. The average molecular weight is 511 g/mol. The van der Waals surface area contributed by atoms with E-state index in [0.717, 1.165) is 35.5 Å². The van der Waals surface area contributed by atoms with Gasteiger partial charge in [-0.15, -0.1) is 11.3 Å². The van der Waals surface area contributed by atoms with Gasteiger partial charge in [0.1, 0.15) is 5.01 Å². The third-order valence-corrected chi connectivity index (χ3v) is 6.62. The minimum Gasteiger partial charge on any atom is -0.468 e. The number of fused-ring (bicyclic) bond motifs is 2. The molecule has 0 radical (unpaired) electrons. The van der Waals surface area contributed by atoms with Crippen LogP contribution < -0.4 is 0 Å². The Kier molecular flexibility index (Phi) is 5.94. The molecule has 12 heteroatoms. The van der Waals surface area contributed by atoms with Gasteiger partial charge in [0.15, 0.2) is 5.41 Å². The van der Waals surface area contributed by atoms with E-state index < -0.39 is 53.1 Å². The molecule has 0 N–H and O–H groups in total. The highest BCUT2D eigenvalue weighted by Crippen LogP contribution is 2.41. The maximum Gasteiger partial charge on any atom is 0.416 e.